The molecule has 0 atom stereocenters. The van der Waals surface area contributed by atoms with Gasteiger partial charge < -0.3 is 0 Å². The molecule has 0 fully saturated rings. The molecule has 0 saturated carbocycles. The first-order valence-corrected chi connectivity index (χ1v) is 1.15. The second-order valence-corrected chi connectivity index (χ2v) is 0.577. The van der Waals surface area contributed by atoms with Gasteiger partial charge in [0.05, 0.1) is 0 Å². The molecule has 6 heavy (non-hydrogen) atoms. The summed E-state index contributed by atoms with van der Waals surface area (Å²) in [5.41, 5.74) is 0. The van der Waals surface area contributed by atoms with E-state index in [2.05, 4.69) is 0 Å². The van der Waals surface area contributed by atoms with Gasteiger partial charge in [0.15, 0.2) is 0 Å². The minimum Gasteiger partial charge on any atom is -0.0922 e. The number of hydrogen-bond donors (Lipinski definition) is 0. The summed E-state index contributed by atoms with van der Waals surface area (Å²) in [6.45, 7) is 4.00. The fraction of sp³-hybridized carbons (Fsp3) is 1.00. The van der Waals surface area contributed by atoms with Gasteiger partial charge >= 0.3 is 0 Å². The molecule has 35 valence electrons. The number of rotatable bonds is 0. The Bertz CT molecular complexity index is 13.5. The predicted molar refractivity (Wildman–Crippen MR) is 17.5 cm³/mol. The van der Waals surface area contributed by atoms with Gasteiger partial charge in [0.25, 0.3) is 0 Å². The molecule has 0 aromatic rings. The molecule has 0 nitrogen and oxygen atoms in total. The molecule has 0 aromatic carbocycles. The van der Waals surface area contributed by atoms with E-state index in [0.717, 1.165) is 0 Å². The molecule has 0 aromatic heterocycles. The zero-order valence-corrected chi connectivity index (χ0v) is 14.7. The molecule has 3 radical (unpaired) electrons. The Labute approximate surface area is 60.8 Å². The van der Waals surface area contributed by atoms with E-state index in [1.54, 1.807) is 0 Å². The van der Waals surface area contributed by atoms with Crippen molar-refractivity contribution in [3.63, 3.8) is 0 Å². The molecule has 0 unspecified atom stereocenters. The van der Waals surface area contributed by atoms with Crippen LogP contribution < -0.4 is 0 Å². The molecule has 4 heteroatoms. The Balaban J connectivity index is -0.00000000667. The standard InChI is InChI=1S/C2H6B.Re.Rf.Rh/c1-3-2;;;/h1-2H3;;;. The quantitative estimate of drug-likeness (QED) is 0.363. The maximum Gasteiger partial charge on any atom is 0.102 e. The van der Waals surface area contributed by atoms with Crippen LogP contribution in [0.3, 0.4) is 0 Å². The van der Waals surface area contributed by atoms with E-state index in [4.69, 9.17) is 0 Å². The van der Waals surface area contributed by atoms with Crippen molar-refractivity contribution in [3.8, 4) is 0 Å². The largest absolute Gasteiger partial charge is 0.102 e. The first kappa shape index (κ1) is 32.9. The summed E-state index contributed by atoms with van der Waals surface area (Å²) in [7, 11) is 2.00. The minimum atomic E-state index is 0. The molecule has 0 N–H and O–H groups in total. The van der Waals surface area contributed by atoms with Crippen molar-refractivity contribution in [3.05, 3.63) is 0 Å². The predicted octanol–water partition coefficient (Wildman–Crippen LogP) is 0.782. The maximum atomic E-state index is 2.00. The topological polar surface area (TPSA) is 0 Å². The second kappa shape index (κ2) is 55.5. The van der Waals surface area contributed by atoms with Crippen molar-refractivity contribution in [1.29, 1.82) is 0 Å². The third-order valence-corrected chi connectivity index (χ3v) is 0. The normalized spacial score (nSPS) is 2.33. The van der Waals surface area contributed by atoms with Crippen molar-refractivity contribution in [2.75, 3.05) is 0 Å². The van der Waals surface area contributed by atoms with Crippen molar-refractivity contribution in [2.45, 2.75) is 13.6 Å². The van der Waals surface area contributed by atoms with Gasteiger partial charge in [-0.3, -0.25) is 0 Å². The fourth-order valence-electron chi connectivity index (χ4n) is 0. The summed E-state index contributed by atoms with van der Waals surface area (Å²) in [4.78, 5) is 0. The SMILES string of the molecule is C[B]C.[Re].[Rf].[Rh]. The van der Waals surface area contributed by atoms with Gasteiger partial charge in [0.2, 0.25) is 0 Å². The Kier molecular flexibility index (Phi) is 304. The van der Waals surface area contributed by atoms with Crippen LogP contribution in [0.15, 0.2) is 0 Å². The first-order chi connectivity index (χ1) is 1.41. The van der Waals surface area contributed by atoms with E-state index >= 15 is 0 Å². The summed E-state index contributed by atoms with van der Waals surface area (Å²) >= 11 is 0. The molecule has 0 bridgehead atoms. The van der Waals surface area contributed by atoms with Crippen molar-refractivity contribution >= 4 is 7.28 Å². The van der Waals surface area contributed by atoms with Gasteiger partial charge in [-0.1, -0.05) is 13.6 Å². The Morgan fingerprint density at radius 2 is 1.17 bits per heavy atom. The van der Waals surface area contributed by atoms with Crippen LogP contribution in [-0.4, -0.2) is 7.28 Å². The van der Waals surface area contributed by atoms with Crippen LogP contribution in [0.4, 0.5) is 0 Å². The fourth-order valence-corrected chi connectivity index (χ4v) is 0. The monoisotopic (exact) mass is 598 g/mol. The molecule has 0 spiro atoms. The van der Waals surface area contributed by atoms with E-state index in [9.17, 15) is 0 Å². The second-order valence-electron chi connectivity index (χ2n) is 0.577. The van der Waals surface area contributed by atoms with Gasteiger partial charge in [0.1, 0.15) is 7.28 Å². The summed E-state index contributed by atoms with van der Waals surface area (Å²) in [5, 5.41) is 0. The average Bonchev–Trinajstić information content (AvgIpc) is 0.918. The zero-order chi connectivity index (χ0) is 2.71. The van der Waals surface area contributed by atoms with Crippen LogP contribution in [0.2, 0.25) is 13.6 Å². The van der Waals surface area contributed by atoms with Crippen LogP contribution in [-0.2, 0) is 39.9 Å². The van der Waals surface area contributed by atoms with E-state index in [-0.39, 0.29) is 39.9 Å². The van der Waals surface area contributed by atoms with Gasteiger partial charge in [-0.2, -0.15) is 0 Å². The van der Waals surface area contributed by atoms with Crippen molar-refractivity contribution < 1.29 is 39.9 Å². The Morgan fingerprint density at radius 1 is 1.17 bits per heavy atom. The summed E-state index contributed by atoms with van der Waals surface area (Å²) < 4.78 is 0. The van der Waals surface area contributed by atoms with E-state index in [1.807, 2.05) is 20.9 Å². The van der Waals surface area contributed by atoms with Crippen molar-refractivity contribution in [2.24, 2.45) is 0 Å². The van der Waals surface area contributed by atoms with Crippen LogP contribution in [0.5, 0.6) is 0 Å². The molecule has 0 aliphatic heterocycles. The zero-order valence-electron chi connectivity index (χ0n) is 4.00. The van der Waals surface area contributed by atoms with Crippen LogP contribution in [0.25, 0.3) is 0 Å². The first-order valence-electron chi connectivity index (χ1n) is 1.15. The average molecular weight is 597 g/mol. The van der Waals surface area contributed by atoms with Gasteiger partial charge in [-0.15, -0.1) is 0 Å². The van der Waals surface area contributed by atoms with Crippen LogP contribution in [0, 0.1) is 0 Å². The van der Waals surface area contributed by atoms with Gasteiger partial charge in [0, 0.05) is 39.9 Å². The van der Waals surface area contributed by atoms with Crippen LogP contribution >= 0.6 is 0 Å². The van der Waals surface area contributed by atoms with Crippen LogP contribution in [0.1, 0.15) is 0 Å². The molecular weight excluding hydrogens is 591 g/mol. The maximum absolute atomic E-state index is 2.00. The van der Waals surface area contributed by atoms with Gasteiger partial charge in [-0.25, -0.2) is 0 Å². The Hall–Kier alpha value is 0.351. The summed E-state index contributed by atoms with van der Waals surface area (Å²) in [6.07, 6.45) is 0. The third kappa shape index (κ3) is 397. The summed E-state index contributed by atoms with van der Waals surface area (Å²) in [6, 6.07) is 0. The Morgan fingerprint density at radius 3 is 1.17 bits per heavy atom. The van der Waals surface area contributed by atoms with E-state index in [1.165, 1.54) is 0 Å². The van der Waals surface area contributed by atoms with Crippen molar-refractivity contribution in [1.82, 2.24) is 0 Å². The molecule has 0 amide bonds. The molecule has 0 aliphatic rings. The van der Waals surface area contributed by atoms with Gasteiger partial charge in [-0.05, 0) is 0 Å². The molecule has 0 aliphatic carbocycles. The van der Waals surface area contributed by atoms with E-state index < -0.39 is 0 Å². The summed E-state index contributed by atoms with van der Waals surface area (Å²) in [5.74, 6) is 0. The molecule has 0 heterocycles. The third-order valence-electron chi connectivity index (χ3n) is 0. The number of hydrogen-bond acceptors (Lipinski definition) is 0. The smallest absolute Gasteiger partial charge is 0.0922 e. The molecule has 0 rings (SSSR count). The molecule has 0 saturated heterocycles. The minimum absolute atomic E-state index is 0. The molecular formula is C2H6BReRfRh. The van der Waals surface area contributed by atoms with E-state index in [0.29, 0.717) is 0 Å².